The minimum absolute atomic E-state index is 0.205. The summed E-state index contributed by atoms with van der Waals surface area (Å²) in [5.41, 5.74) is 1.32. The van der Waals surface area contributed by atoms with Crippen molar-refractivity contribution in [1.82, 2.24) is 10.2 Å². The number of ether oxygens (including phenoxy) is 1. The molecular weight excluding hydrogens is 384 g/mol. The first-order valence-electron chi connectivity index (χ1n) is 10.4. The number of nitrogens with one attached hydrogen (secondary N) is 2. The van der Waals surface area contributed by atoms with Gasteiger partial charge >= 0.3 is 5.97 Å². The molecule has 2 N–H and O–H groups in total. The summed E-state index contributed by atoms with van der Waals surface area (Å²) in [7, 11) is 0. The third-order valence-electron chi connectivity index (χ3n) is 5.54. The van der Waals surface area contributed by atoms with Gasteiger partial charge in [0.15, 0.2) is 5.92 Å². The normalized spacial score (nSPS) is 22.4. The highest BCUT2D eigenvalue weighted by molar-refractivity contribution is 6.08. The molecule has 2 aliphatic heterocycles. The van der Waals surface area contributed by atoms with Gasteiger partial charge < -0.3 is 19.0 Å². The topological polar surface area (TPSA) is 88.6 Å². The minimum atomic E-state index is -1.05. The van der Waals surface area contributed by atoms with Gasteiger partial charge in [-0.3, -0.25) is 14.9 Å². The summed E-state index contributed by atoms with van der Waals surface area (Å²) in [6.07, 6.45) is 1.52. The van der Waals surface area contributed by atoms with E-state index in [9.17, 15) is 9.59 Å². The molecule has 0 aliphatic carbocycles. The predicted molar refractivity (Wildman–Crippen MR) is 110 cm³/mol. The first-order chi connectivity index (χ1) is 14.7. The third kappa shape index (κ3) is 4.38. The van der Waals surface area contributed by atoms with E-state index >= 15 is 0 Å². The molecule has 1 aromatic carbocycles. The lowest BCUT2D eigenvalue weighted by molar-refractivity contribution is -0.917. The molecule has 1 fully saturated rings. The first-order valence-corrected chi connectivity index (χ1v) is 10.4. The summed E-state index contributed by atoms with van der Waals surface area (Å²) in [5, 5.41) is 2.82. The van der Waals surface area contributed by atoms with Crippen molar-refractivity contribution >= 4 is 17.8 Å². The van der Waals surface area contributed by atoms with Gasteiger partial charge in [-0.2, -0.15) is 0 Å². The summed E-state index contributed by atoms with van der Waals surface area (Å²) in [5.74, 6) is -1.06. The highest BCUT2D eigenvalue weighted by Gasteiger charge is 2.43. The van der Waals surface area contributed by atoms with Gasteiger partial charge in [-0.25, -0.2) is 4.99 Å². The lowest BCUT2D eigenvalue weighted by Crippen LogP contribution is -3.13. The Bertz CT molecular complexity index is 889. The number of quaternary nitrogens is 1. The molecule has 1 aromatic heterocycles. The fourth-order valence-corrected chi connectivity index (χ4v) is 3.98. The van der Waals surface area contributed by atoms with Crippen molar-refractivity contribution in [3.05, 3.63) is 60.1 Å². The third-order valence-corrected chi connectivity index (χ3v) is 5.54. The molecule has 0 unspecified atom stereocenters. The molecular formula is C22H27N4O4+. The molecule has 2 aliphatic rings. The fraction of sp³-hybridized carbons (Fsp3) is 0.409. The van der Waals surface area contributed by atoms with Gasteiger partial charge in [0.2, 0.25) is 11.9 Å². The van der Waals surface area contributed by atoms with E-state index < -0.39 is 23.8 Å². The van der Waals surface area contributed by atoms with Crippen molar-refractivity contribution in [1.29, 1.82) is 0 Å². The van der Waals surface area contributed by atoms with Crippen LogP contribution in [0.3, 0.4) is 0 Å². The second-order valence-corrected chi connectivity index (χ2v) is 7.53. The van der Waals surface area contributed by atoms with Gasteiger partial charge in [0, 0.05) is 5.56 Å². The van der Waals surface area contributed by atoms with Crippen LogP contribution >= 0.6 is 0 Å². The van der Waals surface area contributed by atoms with Crippen molar-refractivity contribution in [3.63, 3.8) is 0 Å². The number of carbonyl (C=O) groups excluding carboxylic acids is 2. The standard InChI is InChI=1S/C22H26N4O4/c1-2-29-21(28)18-19(17-9-6-14-30-17)23-22(24-20(18)27)26-12-10-25(11-13-26)15-16-7-4-3-5-8-16/h3-9,14,18-19H,2,10-13,15H2,1H3,(H,23,24,27)/p+1/t18-,19-/m0/s1. The molecule has 0 bridgehead atoms. The number of carbonyl (C=O) groups is 2. The smallest absolute Gasteiger partial charge is 0.321 e. The molecule has 1 amide bonds. The zero-order chi connectivity index (χ0) is 20.9. The SMILES string of the molecule is CCOC(=O)[C@@H]1C(=O)NC(N2CC[NH+](Cc3ccccc3)CC2)=N[C@H]1c1ccco1. The van der Waals surface area contributed by atoms with E-state index in [1.807, 2.05) is 6.07 Å². The number of guanidine groups is 1. The van der Waals surface area contributed by atoms with Crippen LogP contribution in [0.1, 0.15) is 24.3 Å². The summed E-state index contributed by atoms with van der Waals surface area (Å²) in [6, 6.07) is 13.2. The average molecular weight is 411 g/mol. The second-order valence-electron chi connectivity index (χ2n) is 7.53. The van der Waals surface area contributed by atoms with E-state index in [-0.39, 0.29) is 6.61 Å². The Balaban J connectivity index is 1.47. The van der Waals surface area contributed by atoms with Gasteiger partial charge in [-0.15, -0.1) is 0 Å². The monoisotopic (exact) mass is 411 g/mol. The maximum Gasteiger partial charge on any atom is 0.321 e. The van der Waals surface area contributed by atoms with Crippen molar-refractivity contribution < 1.29 is 23.6 Å². The van der Waals surface area contributed by atoms with Gasteiger partial charge in [0.1, 0.15) is 18.3 Å². The van der Waals surface area contributed by atoms with Crippen LogP contribution in [-0.2, 0) is 20.9 Å². The van der Waals surface area contributed by atoms with Gasteiger partial charge in [-0.1, -0.05) is 30.3 Å². The molecule has 8 nitrogen and oxygen atoms in total. The Morgan fingerprint density at radius 3 is 2.67 bits per heavy atom. The molecule has 1 saturated heterocycles. The number of esters is 1. The number of hydrogen-bond acceptors (Lipinski definition) is 6. The number of furan rings is 1. The summed E-state index contributed by atoms with van der Waals surface area (Å²) >= 11 is 0. The van der Waals surface area contributed by atoms with E-state index in [1.165, 1.54) is 16.7 Å². The largest absolute Gasteiger partial charge is 0.467 e. The number of benzene rings is 1. The molecule has 0 radical (unpaired) electrons. The molecule has 0 saturated carbocycles. The van der Waals surface area contributed by atoms with Crippen molar-refractivity contribution in [2.45, 2.75) is 19.5 Å². The Kier molecular flexibility index (Phi) is 6.13. The highest BCUT2D eigenvalue weighted by atomic mass is 16.5. The van der Waals surface area contributed by atoms with Gasteiger partial charge in [-0.05, 0) is 19.1 Å². The quantitative estimate of drug-likeness (QED) is 0.549. The van der Waals surface area contributed by atoms with E-state index in [4.69, 9.17) is 14.1 Å². The maximum atomic E-state index is 12.8. The van der Waals surface area contributed by atoms with Crippen LogP contribution in [0, 0.1) is 5.92 Å². The highest BCUT2D eigenvalue weighted by Crippen LogP contribution is 2.31. The van der Waals surface area contributed by atoms with E-state index in [0.29, 0.717) is 11.7 Å². The zero-order valence-electron chi connectivity index (χ0n) is 17.0. The van der Waals surface area contributed by atoms with Gasteiger partial charge in [0.05, 0.1) is 39.0 Å². The summed E-state index contributed by atoms with van der Waals surface area (Å²) in [6.45, 7) is 6.33. The molecule has 4 rings (SSSR count). The summed E-state index contributed by atoms with van der Waals surface area (Å²) < 4.78 is 10.6. The Morgan fingerprint density at radius 1 is 1.23 bits per heavy atom. The number of nitrogens with zero attached hydrogens (tertiary/aromatic N) is 2. The average Bonchev–Trinajstić information content (AvgIpc) is 3.29. The Hall–Kier alpha value is -3.13. The lowest BCUT2D eigenvalue weighted by Gasteiger charge is -2.36. The molecule has 158 valence electrons. The molecule has 3 heterocycles. The van der Waals surface area contributed by atoms with Crippen molar-refractivity contribution in [2.75, 3.05) is 32.8 Å². The number of piperazine rings is 1. The molecule has 2 aromatic rings. The lowest BCUT2D eigenvalue weighted by atomic mass is 9.95. The Morgan fingerprint density at radius 2 is 2.00 bits per heavy atom. The number of rotatable bonds is 5. The van der Waals surface area contributed by atoms with Crippen LogP contribution in [0.15, 0.2) is 58.1 Å². The molecule has 0 spiro atoms. The molecule has 8 heteroatoms. The first kappa shape index (κ1) is 20.2. The van der Waals surface area contributed by atoms with E-state index in [0.717, 1.165) is 32.7 Å². The van der Waals surface area contributed by atoms with Crippen LogP contribution in [-0.4, -0.2) is 55.5 Å². The summed E-state index contributed by atoms with van der Waals surface area (Å²) in [4.78, 5) is 33.5. The molecule has 30 heavy (non-hydrogen) atoms. The second kappa shape index (κ2) is 9.13. The fourth-order valence-electron chi connectivity index (χ4n) is 3.98. The Labute approximate surface area is 175 Å². The van der Waals surface area contributed by atoms with E-state index in [2.05, 4.69) is 34.5 Å². The van der Waals surface area contributed by atoms with Gasteiger partial charge in [0.25, 0.3) is 0 Å². The van der Waals surface area contributed by atoms with E-state index in [1.54, 1.807) is 19.1 Å². The molecule has 2 atom stereocenters. The van der Waals surface area contributed by atoms with Crippen LogP contribution < -0.4 is 10.2 Å². The van der Waals surface area contributed by atoms with Crippen LogP contribution in [0.5, 0.6) is 0 Å². The minimum Gasteiger partial charge on any atom is -0.467 e. The van der Waals surface area contributed by atoms with Crippen LogP contribution in [0.2, 0.25) is 0 Å². The number of hydrogen-bond donors (Lipinski definition) is 2. The number of aliphatic imine (C=N–C) groups is 1. The predicted octanol–water partition coefficient (Wildman–Crippen LogP) is 0.387. The van der Waals surface area contributed by atoms with Crippen LogP contribution in [0.4, 0.5) is 0 Å². The zero-order valence-corrected chi connectivity index (χ0v) is 17.0. The number of amides is 1. The van der Waals surface area contributed by atoms with Crippen LogP contribution in [0.25, 0.3) is 0 Å². The van der Waals surface area contributed by atoms with Crippen molar-refractivity contribution in [3.8, 4) is 0 Å². The van der Waals surface area contributed by atoms with Crippen molar-refractivity contribution in [2.24, 2.45) is 10.9 Å². The maximum absolute atomic E-state index is 12.8.